The van der Waals surface area contributed by atoms with Crippen molar-refractivity contribution in [3.8, 4) is 23.0 Å². The van der Waals surface area contributed by atoms with E-state index in [1.807, 2.05) is 6.92 Å². The van der Waals surface area contributed by atoms with Crippen LogP contribution in [0.5, 0.6) is 11.6 Å². The highest BCUT2D eigenvalue weighted by Crippen LogP contribution is 2.43. The SMILES string of the molecule is CC[C@@H](Sc1nc(-c2ccccc2F)nc2c1Cc1c(CO)cnc(C)c1O2)C(=O)Nc1ccc(F)cc1. The van der Waals surface area contributed by atoms with E-state index in [1.165, 1.54) is 42.1 Å². The van der Waals surface area contributed by atoms with Gasteiger partial charge in [0, 0.05) is 29.4 Å². The maximum Gasteiger partial charge on any atom is 0.237 e. The number of nitrogens with zero attached hydrogens (tertiary/aromatic N) is 3. The zero-order valence-electron chi connectivity index (χ0n) is 20.7. The van der Waals surface area contributed by atoms with Gasteiger partial charge in [0.2, 0.25) is 11.8 Å². The molecule has 0 radical (unpaired) electrons. The van der Waals surface area contributed by atoms with Gasteiger partial charge in [0.05, 0.1) is 28.7 Å². The number of aromatic nitrogens is 3. The number of amides is 1. The minimum Gasteiger partial charge on any atom is -0.436 e. The van der Waals surface area contributed by atoms with Crippen LogP contribution in [0.15, 0.2) is 59.8 Å². The standard InChI is InChI=1S/C28H24F2N4O3S/c1-3-23(26(36)32-18-10-8-17(29)9-11-18)38-28-21-12-20-16(14-35)13-31-15(2)24(20)37-27(21)33-25(34-28)19-6-4-5-7-22(19)30/h4-11,13,23,35H,3,12,14H2,1-2H3,(H,32,36)/t23-/m1/s1. The summed E-state index contributed by atoms with van der Waals surface area (Å²) in [5, 5.41) is 12.6. The predicted molar refractivity (Wildman–Crippen MR) is 140 cm³/mol. The maximum atomic E-state index is 14.7. The van der Waals surface area contributed by atoms with Gasteiger partial charge in [-0.05, 0) is 49.7 Å². The zero-order valence-corrected chi connectivity index (χ0v) is 21.5. The number of aliphatic hydroxyl groups excluding tert-OH is 1. The van der Waals surface area contributed by atoms with Crippen LogP contribution < -0.4 is 10.1 Å². The molecule has 0 spiro atoms. The lowest BCUT2D eigenvalue weighted by atomic mass is 9.99. The van der Waals surface area contributed by atoms with E-state index >= 15 is 0 Å². The highest BCUT2D eigenvalue weighted by molar-refractivity contribution is 8.00. The van der Waals surface area contributed by atoms with Gasteiger partial charge in [-0.15, -0.1) is 0 Å². The quantitative estimate of drug-likeness (QED) is 0.201. The summed E-state index contributed by atoms with van der Waals surface area (Å²) >= 11 is 1.22. The van der Waals surface area contributed by atoms with Gasteiger partial charge in [0.25, 0.3) is 0 Å². The molecule has 0 saturated carbocycles. The molecule has 4 aromatic rings. The smallest absolute Gasteiger partial charge is 0.237 e. The van der Waals surface area contributed by atoms with Gasteiger partial charge in [-0.3, -0.25) is 9.78 Å². The van der Waals surface area contributed by atoms with Gasteiger partial charge >= 0.3 is 0 Å². The summed E-state index contributed by atoms with van der Waals surface area (Å²) < 4.78 is 34.2. The van der Waals surface area contributed by atoms with Gasteiger partial charge in [0.1, 0.15) is 16.7 Å². The van der Waals surface area contributed by atoms with E-state index in [-0.39, 0.29) is 29.8 Å². The summed E-state index contributed by atoms with van der Waals surface area (Å²) in [7, 11) is 0. The van der Waals surface area contributed by atoms with Gasteiger partial charge in [0.15, 0.2) is 11.6 Å². The first-order chi connectivity index (χ1) is 18.4. The Morgan fingerprint density at radius 3 is 2.61 bits per heavy atom. The Morgan fingerprint density at radius 1 is 1.13 bits per heavy atom. The van der Waals surface area contributed by atoms with E-state index in [0.29, 0.717) is 46.1 Å². The molecule has 2 aromatic carbocycles. The van der Waals surface area contributed by atoms with E-state index in [2.05, 4.69) is 20.3 Å². The molecule has 1 amide bonds. The number of thioether (sulfide) groups is 1. The van der Waals surface area contributed by atoms with Gasteiger partial charge < -0.3 is 15.2 Å². The lowest BCUT2D eigenvalue weighted by Crippen LogP contribution is -2.25. The van der Waals surface area contributed by atoms with Crippen molar-refractivity contribution < 1.29 is 23.4 Å². The molecule has 0 saturated heterocycles. The van der Waals surface area contributed by atoms with Crippen molar-refractivity contribution in [1.29, 1.82) is 0 Å². The van der Waals surface area contributed by atoms with Crippen LogP contribution in [0, 0.1) is 18.6 Å². The number of rotatable bonds is 7. The Bertz CT molecular complexity index is 1520. The second kappa shape index (κ2) is 10.8. The van der Waals surface area contributed by atoms with Crippen LogP contribution in [0.4, 0.5) is 14.5 Å². The highest BCUT2D eigenvalue weighted by atomic mass is 32.2. The number of aryl methyl sites for hydroxylation is 1. The van der Waals surface area contributed by atoms with Crippen LogP contribution in [0.25, 0.3) is 11.4 Å². The van der Waals surface area contributed by atoms with Gasteiger partial charge in [-0.1, -0.05) is 30.8 Å². The summed E-state index contributed by atoms with van der Waals surface area (Å²) in [6, 6.07) is 11.7. The first-order valence-electron chi connectivity index (χ1n) is 12.0. The molecule has 2 aromatic heterocycles. The monoisotopic (exact) mass is 534 g/mol. The molecule has 1 aliphatic heterocycles. The normalized spacial score (nSPS) is 12.8. The first-order valence-corrected chi connectivity index (χ1v) is 12.9. The average molecular weight is 535 g/mol. The molecule has 0 aliphatic carbocycles. The fourth-order valence-electron chi connectivity index (χ4n) is 4.17. The molecule has 3 heterocycles. The van der Waals surface area contributed by atoms with E-state index < -0.39 is 16.9 Å². The second-order valence-corrected chi connectivity index (χ2v) is 9.93. The number of carbonyl (C=O) groups excluding carboxylic acids is 1. The van der Waals surface area contributed by atoms with Crippen LogP contribution >= 0.6 is 11.8 Å². The van der Waals surface area contributed by atoms with Crippen molar-refractivity contribution >= 4 is 23.4 Å². The van der Waals surface area contributed by atoms with E-state index in [0.717, 1.165) is 5.56 Å². The number of ether oxygens (including phenoxy) is 1. The van der Waals surface area contributed by atoms with Crippen molar-refractivity contribution in [3.05, 3.63) is 88.7 Å². The number of benzene rings is 2. The molecule has 5 rings (SSSR count). The molecule has 10 heteroatoms. The molecule has 1 aliphatic rings. The average Bonchev–Trinajstić information content (AvgIpc) is 2.92. The number of aliphatic hydroxyl groups is 1. The maximum absolute atomic E-state index is 14.7. The fourth-order valence-corrected chi connectivity index (χ4v) is 5.21. The Kier molecular flexibility index (Phi) is 7.35. The van der Waals surface area contributed by atoms with Gasteiger partial charge in [-0.2, -0.15) is 4.98 Å². The van der Waals surface area contributed by atoms with Crippen LogP contribution in [-0.2, 0) is 17.8 Å². The summed E-state index contributed by atoms with van der Waals surface area (Å²) in [6.07, 6.45) is 2.42. The minimum atomic E-state index is -0.564. The van der Waals surface area contributed by atoms with Crippen molar-refractivity contribution in [2.24, 2.45) is 0 Å². The molecule has 0 unspecified atom stereocenters. The lowest BCUT2D eigenvalue weighted by Gasteiger charge is -2.25. The summed E-state index contributed by atoms with van der Waals surface area (Å²) in [5.74, 6) is -0.282. The van der Waals surface area contributed by atoms with Crippen molar-refractivity contribution in [1.82, 2.24) is 15.0 Å². The van der Waals surface area contributed by atoms with E-state index in [9.17, 15) is 18.7 Å². The van der Waals surface area contributed by atoms with Crippen molar-refractivity contribution in [3.63, 3.8) is 0 Å². The van der Waals surface area contributed by atoms with Gasteiger partial charge in [-0.25, -0.2) is 13.8 Å². The summed E-state index contributed by atoms with van der Waals surface area (Å²) in [6.45, 7) is 3.45. The molecule has 2 N–H and O–H groups in total. The van der Waals surface area contributed by atoms with Crippen LogP contribution in [0.1, 0.15) is 35.7 Å². The number of anilines is 1. The third-order valence-electron chi connectivity index (χ3n) is 6.20. The lowest BCUT2D eigenvalue weighted by molar-refractivity contribution is -0.115. The van der Waals surface area contributed by atoms with Crippen LogP contribution in [-0.4, -0.2) is 31.2 Å². The molecule has 0 fully saturated rings. The number of carbonyl (C=O) groups is 1. The van der Waals surface area contributed by atoms with E-state index in [4.69, 9.17) is 4.74 Å². The highest BCUT2D eigenvalue weighted by Gasteiger charge is 2.30. The number of hydrogen-bond donors (Lipinski definition) is 2. The Hall–Kier alpha value is -3.89. The number of halogens is 2. The summed E-state index contributed by atoms with van der Waals surface area (Å²) in [5.41, 5.74) is 3.32. The minimum absolute atomic E-state index is 0.130. The zero-order chi connectivity index (χ0) is 26.8. The number of fused-ring (bicyclic) bond motifs is 2. The molecule has 38 heavy (non-hydrogen) atoms. The van der Waals surface area contributed by atoms with E-state index in [1.54, 1.807) is 31.3 Å². The molecule has 1 atom stereocenters. The summed E-state index contributed by atoms with van der Waals surface area (Å²) in [4.78, 5) is 26.7. The predicted octanol–water partition coefficient (Wildman–Crippen LogP) is 5.82. The molecule has 0 bridgehead atoms. The third-order valence-corrected chi connectivity index (χ3v) is 7.59. The number of nitrogens with one attached hydrogen (secondary N) is 1. The van der Waals surface area contributed by atoms with Crippen molar-refractivity contribution in [2.45, 2.75) is 43.6 Å². The Morgan fingerprint density at radius 2 is 1.89 bits per heavy atom. The Labute approximate surface area is 222 Å². The fraction of sp³-hybridized carbons (Fsp3) is 0.214. The first kappa shape index (κ1) is 25.7. The topological polar surface area (TPSA) is 97.2 Å². The van der Waals surface area contributed by atoms with Crippen LogP contribution in [0.2, 0.25) is 0 Å². The number of hydrogen-bond acceptors (Lipinski definition) is 7. The largest absolute Gasteiger partial charge is 0.436 e. The third kappa shape index (κ3) is 5.09. The molecule has 194 valence electrons. The molecule has 7 nitrogen and oxygen atoms in total. The van der Waals surface area contributed by atoms with Crippen molar-refractivity contribution in [2.75, 3.05) is 5.32 Å². The number of pyridine rings is 1. The second-order valence-electron chi connectivity index (χ2n) is 8.74. The molecular weight excluding hydrogens is 510 g/mol. The molecular formula is C28H24F2N4O3S. The van der Waals surface area contributed by atoms with Crippen LogP contribution in [0.3, 0.4) is 0 Å². The Balaban J connectivity index is 1.56.